The summed E-state index contributed by atoms with van der Waals surface area (Å²) in [6, 6.07) is 15.6. The van der Waals surface area contributed by atoms with E-state index in [1.165, 1.54) is 11.8 Å². The summed E-state index contributed by atoms with van der Waals surface area (Å²) < 4.78 is 0. The molecule has 0 saturated heterocycles. The molecule has 4 heteroatoms. The summed E-state index contributed by atoms with van der Waals surface area (Å²) in [5.74, 6) is 0.666. The maximum atomic E-state index is 12.8. The molecule has 0 aliphatic rings. The number of anilines is 1. The summed E-state index contributed by atoms with van der Waals surface area (Å²) in [5, 5.41) is 13.2. The lowest BCUT2D eigenvalue weighted by atomic mass is 10.1. The molecule has 0 bridgehead atoms. The van der Waals surface area contributed by atoms with Gasteiger partial charge in [-0.3, -0.25) is 4.79 Å². The summed E-state index contributed by atoms with van der Waals surface area (Å²) in [5.41, 5.74) is 3.91. The first-order valence-electron chi connectivity index (χ1n) is 8.61. The van der Waals surface area contributed by atoms with E-state index in [4.69, 9.17) is 0 Å². The van der Waals surface area contributed by atoms with Gasteiger partial charge in [-0.15, -0.1) is 11.8 Å². The molecule has 0 fully saturated rings. The zero-order valence-electron chi connectivity index (χ0n) is 15.3. The predicted octanol–water partition coefficient (Wildman–Crippen LogP) is 4.73. The van der Waals surface area contributed by atoms with E-state index in [0.29, 0.717) is 5.75 Å². The third kappa shape index (κ3) is 5.62. The molecule has 2 atom stereocenters. The smallest absolute Gasteiger partial charge is 0.237 e. The van der Waals surface area contributed by atoms with Crippen LogP contribution < -0.4 is 5.32 Å². The second-order valence-electron chi connectivity index (χ2n) is 6.73. The summed E-state index contributed by atoms with van der Waals surface area (Å²) in [6.07, 6.45) is -0.569. The fraction of sp³-hybridized carbons (Fsp3) is 0.381. The van der Waals surface area contributed by atoms with Crippen LogP contribution in [0.15, 0.2) is 48.5 Å². The van der Waals surface area contributed by atoms with E-state index in [2.05, 4.69) is 5.32 Å². The predicted molar refractivity (Wildman–Crippen MR) is 107 cm³/mol. The highest BCUT2D eigenvalue weighted by Gasteiger charge is 2.24. The second kappa shape index (κ2) is 9.07. The molecule has 0 spiro atoms. The van der Waals surface area contributed by atoms with Crippen LogP contribution >= 0.6 is 11.8 Å². The van der Waals surface area contributed by atoms with Crippen LogP contribution in [0.5, 0.6) is 0 Å². The van der Waals surface area contributed by atoms with Gasteiger partial charge in [0.05, 0.1) is 11.4 Å². The summed E-state index contributed by atoms with van der Waals surface area (Å²) in [7, 11) is 0. The van der Waals surface area contributed by atoms with Gasteiger partial charge in [0.25, 0.3) is 0 Å². The molecule has 3 nitrogen and oxygen atoms in total. The molecule has 2 aromatic carbocycles. The fourth-order valence-corrected chi connectivity index (χ4v) is 3.79. The number of benzene rings is 2. The second-order valence-corrected chi connectivity index (χ2v) is 7.91. The van der Waals surface area contributed by atoms with Crippen LogP contribution in [0.2, 0.25) is 0 Å². The number of aryl methyl sites for hydroxylation is 2. The van der Waals surface area contributed by atoms with Gasteiger partial charge in [0.15, 0.2) is 0 Å². The molecule has 0 radical (unpaired) electrons. The van der Waals surface area contributed by atoms with Gasteiger partial charge in [-0.05, 0) is 42.5 Å². The minimum absolute atomic E-state index is 0.00559. The SMILES string of the molecule is Cc1ccc(C)c(NC(=O)C(SCC(O)c2ccccc2)C(C)C)c1. The Bertz CT molecular complexity index is 700. The van der Waals surface area contributed by atoms with Gasteiger partial charge in [0.1, 0.15) is 0 Å². The van der Waals surface area contributed by atoms with Crippen molar-refractivity contribution in [2.24, 2.45) is 5.92 Å². The third-order valence-corrected chi connectivity index (χ3v) is 5.76. The van der Waals surface area contributed by atoms with Crippen molar-refractivity contribution in [3.05, 3.63) is 65.2 Å². The highest BCUT2D eigenvalue weighted by molar-refractivity contribution is 8.00. The Balaban J connectivity index is 2.02. The molecule has 0 aliphatic heterocycles. The van der Waals surface area contributed by atoms with E-state index in [1.54, 1.807) is 0 Å². The van der Waals surface area contributed by atoms with E-state index in [-0.39, 0.29) is 17.1 Å². The molecular formula is C21H27NO2S. The monoisotopic (exact) mass is 357 g/mol. The van der Waals surface area contributed by atoms with Crippen LogP contribution in [0, 0.1) is 19.8 Å². The van der Waals surface area contributed by atoms with Crippen molar-refractivity contribution < 1.29 is 9.90 Å². The number of rotatable bonds is 7. The number of carbonyl (C=O) groups excluding carboxylic acids is 1. The number of nitrogens with one attached hydrogen (secondary N) is 1. The van der Waals surface area contributed by atoms with E-state index < -0.39 is 6.10 Å². The van der Waals surface area contributed by atoms with Crippen molar-refractivity contribution in [2.75, 3.05) is 11.1 Å². The van der Waals surface area contributed by atoms with Crippen molar-refractivity contribution in [2.45, 2.75) is 39.0 Å². The maximum Gasteiger partial charge on any atom is 0.237 e. The standard InChI is InChI=1S/C21H27NO2S/c1-14(2)20(25-13-19(23)17-8-6-5-7-9-17)21(24)22-18-12-15(3)10-11-16(18)4/h5-12,14,19-20,23H,13H2,1-4H3,(H,22,24). The lowest BCUT2D eigenvalue weighted by Crippen LogP contribution is -2.30. The van der Waals surface area contributed by atoms with Crippen LogP contribution in [-0.4, -0.2) is 22.0 Å². The van der Waals surface area contributed by atoms with Gasteiger partial charge in [-0.1, -0.05) is 56.3 Å². The zero-order chi connectivity index (χ0) is 18.4. The molecule has 0 heterocycles. The van der Waals surface area contributed by atoms with Crippen molar-refractivity contribution in [3.63, 3.8) is 0 Å². The average Bonchev–Trinajstić information content (AvgIpc) is 2.58. The topological polar surface area (TPSA) is 49.3 Å². The molecule has 0 aliphatic carbocycles. The highest BCUT2D eigenvalue weighted by atomic mass is 32.2. The minimum atomic E-state index is -0.569. The number of carbonyl (C=O) groups is 1. The number of thioether (sulfide) groups is 1. The highest BCUT2D eigenvalue weighted by Crippen LogP contribution is 2.27. The van der Waals surface area contributed by atoms with Crippen LogP contribution in [0.25, 0.3) is 0 Å². The quantitative estimate of drug-likeness (QED) is 0.753. The van der Waals surface area contributed by atoms with Crippen molar-refractivity contribution in [1.82, 2.24) is 0 Å². The maximum absolute atomic E-state index is 12.8. The molecule has 2 N–H and O–H groups in total. The molecule has 2 aromatic rings. The van der Waals surface area contributed by atoms with E-state index in [0.717, 1.165) is 22.4 Å². The Kier molecular flexibility index (Phi) is 7.09. The third-order valence-electron chi connectivity index (χ3n) is 4.13. The normalized spacial score (nSPS) is 13.5. The number of hydrogen-bond donors (Lipinski definition) is 2. The number of aliphatic hydroxyl groups is 1. The molecule has 25 heavy (non-hydrogen) atoms. The molecule has 0 saturated carbocycles. The first-order valence-corrected chi connectivity index (χ1v) is 9.66. The number of aliphatic hydroxyl groups excluding tert-OH is 1. The largest absolute Gasteiger partial charge is 0.388 e. The van der Waals surface area contributed by atoms with E-state index >= 15 is 0 Å². The lowest BCUT2D eigenvalue weighted by molar-refractivity contribution is -0.116. The number of amides is 1. The summed E-state index contributed by atoms with van der Waals surface area (Å²) in [4.78, 5) is 12.8. The Morgan fingerprint density at radius 2 is 1.80 bits per heavy atom. The minimum Gasteiger partial charge on any atom is -0.388 e. The van der Waals surface area contributed by atoms with Gasteiger partial charge in [0.2, 0.25) is 5.91 Å². The van der Waals surface area contributed by atoms with Crippen molar-refractivity contribution in [3.8, 4) is 0 Å². The molecule has 1 amide bonds. The van der Waals surface area contributed by atoms with Crippen molar-refractivity contribution in [1.29, 1.82) is 0 Å². The molecule has 0 aromatic heterocycles. The summed E-state index contributed by atoms with van der Waals surface area (Å²) >= 11 is 1.51. The molecule has 2 rings (SSSR count). The van der Waals surface area contributed by atoms with Gasteiger partial charge in [0, 0.05) is 11.4 Å². The van der Waals surface area contributed by atoms with Crippen molar-refractivity contribution >= 4 is 23.4 Å². The molecule has 2 unspecified atom stereocenters. The Morgan fingerprint density at radius 1 is 1.12 bits per heavy atom. The van der Waals surface area contributed by atoms with E-state index in [9.17, 15) is 9.90 Å². The number of hydrogen-bond acceptors (Lipinski definition) is 3. The van der Waals surface area contributed by atoms with Crippen LogP contribution in [0.4, 0.5) is 5.69 Å². The van der Waals surface area contributed by atoms with Crippen LogP contribution in [0.3, 0.4) is 0 Å². The lowest BCUT2D eigenvalue weighted by Gasteiger charge is -2.22. The van der Waals surface area contributed by atoms with E-state index in [1.807, 2.05) is 76.2 Å². The van der Waals surface area contributed by atoms with Gasteiger partial charge < -0.3 is 10.4 Å². The van der Waals surface area contributed by atoms with Gasteiger partial charge >= 0.3 is 0 Å². The Morgan fingerprint density at radius 3 is 2.44 bits per heavy atom. The molecule has 134 valence electrons. The zero-order valence-corrected chi connectivity index (χ0v) is 16.1. The fourth-order valence-electron chi connectivity index (χ4n) is 2.61. The molecular weight excluding hydrogens is 330 g/mol. The van der Waals surface area contributed by atoms with Gasteiger partial charge in [-0.25, -0.2) is 0 Å². The Hall–Kier alpha value is -1.78. The van der Waals surface area contributed by atoms with Crippen LogP contribution in [0.1, 0.15) is 36.6 Å². The average molecular weight is 358 g/mol. The summed E-state index contributed by atoms with van der Waals surface area (Å²) in [6.45, 7) is 8.08. The Labute approximate surface area is 154 Å². The first kappa shape index (κ1) is 19.5. The first-order chi connectivity index (χ1) is 11.9. The van der Waals surface area contributed by atoms with Gasteiger partial charge in [-0.2, -0.15) is 0 Å². The van der Waals surface area contributed by atoms with Crippen LogP contribution in [-0.2, 0) is 4.79 Å².